The number of sulfonamides is 1. The van der Waals surface area contributed by atoms with Gasteiger partial charge in [0.15, 0.2) is 0 Å². The molecule has 2 aromatic carbocycles. The van der Waals surface area contributed by atoms with Gasteiger partial charge in [0.25, 0.3) is 5.91 Å². The Bertz CT molecular complexity index is 1270. The Morgan fingerprint density at radius 2 is 1.94 bits per heavy atom. The van der Waals surface area contributed by atoms with Gasteiger partial charge in [-0.1, -0.05) is 6.07 Å². The zero-order valence-corrected chi connectivity index (χ0v) is 20.2. The number of hydrogen-bond donors (Lipinski definition) is 2. The first-order valence-electron chi connectivity index (χ1n) is 10.8. The first kappa shape index (κ1) is 23.9. The molecule has 2 amide bonds. The summed E-state index contributed by atoms with van der Waals surface area (Å²) >= 11 is 1.58. The standard InChI is InChI=1S/C24H25N3O5S2/c1-32-22-16-18(8-11-21(22)27-14-2-5-23(27)28)26-24(29)17-6-9-20(10-7-17)34(30,31)25-13-12-19-4-3-15-33-19/h3-4,6-11,15-16,25H,2,5,12-14H2,1H3,(H,26,29). The highest BCUT2D eigenvalue weighted by Crippen LogP contribution is 2.34. The van der Waals surface area contributed by atoms with E-state index in [1.54, 1.807) is 34.4 Å². The summed E-state index contributed by atoms with van der Waals surface area (Å²) in [4.78, 5) is 27.6. The van der Waals surface area contributed by atoms with Gasteiger partial charge in [-0.3, -0.25) is 9.59 Å². The second-order valence-electron chi connectivity index (χ2n) is 7.74. The molecular formula is C24H25N3O5S2. The first-order valence-corrected chi connectivity index (χ1v) is 13.2. The molecule has 1 fully saturated rings. The van der Waals surface area contributed by atoms with Crippen molar-refractivity contribution < 1.29 is 22.7 Å². The molecule has 10 heteroatoms. The fourth-order valence-corrected chi connectivity index (χ4v) is 5.46. The van der Waals surface area contributed by atoms with Gasteiger partial charge in [0.05, 0.1) is 17.7 Å². The molecule has 4 rings (SSSR count). The van der Waals surface area contributed by atoms with Crippen molar-refractivity contribution >= 4 is 44.5 Å². The van der Waals surface area contributed by atoms with Crippen molar-refractivity contribution in [2.24, 2.45) is 0 Å². The van der Waals surface area contributed by atoms with Crippen molar-refractivity contribution in [1.29, 1.82) is 0 Å². The Morgan fingerprint density at radius 3 is 2.59 bits per heavy atom. The van der Waals surface area contributed by atoms with Crippen LogP contribution in [0.25, 0.3) is 0 Å². The van der Waals surface area contributed by atoms with Crippen LogP contribution in [0.5, 0.6) is 5.75 Å². The van der Waals surface area contributed by atoms with E-state index in [4.69, 9.17) is 4.74 Å². The van der Waals surface area contributed by atoms with E-state index in [0.29, 0.717) is 48.6 Å². The van der Waals surface area contributed by atoms with Crippen LogP contribution in [0.15, 0.2) is 64.9 Å². The fourth-order valence-electron chi connectivity index (χ4n) is 3.72. The SMILES string of the molecule is COc1cc(NC(=O)c2ccc(S(=O)(=O)NCCc3cccs3)cc2)ccc1N1CCCC1=O. The van der Waals surface area contributed by atoms with Gasteiger partial charge in [0.1, 0.15) is 5.75 Å². The van der Waals surface area contributed by atoms with Crippen LogP contribution < -0.4 is 19.7 Å². The van der Waals surface area contributed by atoms with Crippen molar-refractivity contribution in [3.63, 3.8) is 0 Å². The Hall–Kier alpha value is -3.21. The highest BCUT2D eigenvalue weighted by Gasteiger charge is 2.24. The summed E-state index contributed by atoms with van der Waals surface area (Å²) < 4.78 is 33.0. The van der Waals surface area contributed by atoms with Crippen LogP contribution in [-0.4, -0.2) is 40.4 Å². The van der Waals surface area contributed by atoms with Gasteiger partial charge in [0, 0.05) is 41.7 Å². The van der Waals surface area contributed by atoms with Crippen LogP contribution in [0, 0.1) is 0 Å². The molecule has 0 bridgehead atoms. The molecule has 1 aliphatic heterocycles. The number of carbonyl (C=O) groups excluding carboxylic acids is 2. The predicted octanol–water partition coefficient (Wildman–Crippen LogP) is 3.66. The lowest BCUT2D eigenvalue weighted by molar-refractivity contribution is -0.117. The van der Waals surface area contributed by atoms with E-state index >= 15 is 0 Å². The average Bonchev–Trinajstić information content (AvgIpc) is 3.51. The molecule has 0 radical (unpaired) electrons. The second-order valence-corrected chi connectivity index (χ2v) is 10.5. The zero-order chi connectivity index (χ0) is 24.1. The average molecular weight is 500 g/mol. The molecule has 2 N–H and O–H groups in total. The van der Waals surface area contributed by atoms with E-state index in [0.717, 1.165) is 11.3 Å². The highest BCUT2D eigenvalue weighted by atomic mass is 32.2. The Kier molecular flexibility index (Phi) is 7.30. The summed E-state index contributed by atoms with van der Waals surface area (Å²) in [5, 5.41) is 4.73. The van der Waals surface area contributed by atoms with E-state index in [9.17, 15) is 18.0 Å². The van der Waals surface area contributed by atoms with Gasteiger partial charge in [-0.2, -0.15) is 0 Å². The monoisotopic (exact) mass is 499 g/mol. The molecule has 34 heavy (non-hydrogen) atoms. The van der Waals surface area contributed by atoms with Crippen LogP contribution in [-0.2, 0) is 21.2 Å². The maximum atomic E-state index is 12.7. The van der Waals surface area contributed by atoms with Crippen LogP contribution >= 0.6 is 11.3 Å². The predicted molar refractivity (Wildman–Crippen MR) is 132 cm³/mol. The quantitative estimate of drug-likeness (QED) is 0.468. The number of nitrogens with zero attached hydrogens (tertiary/aromatic N) is 1. The summed E-state index contributed by atoms with van der Waals surface area (Å²) in [7, 11) is -2.15. The minimum atomic E-state index is -3.67. The molecule has 0 unspecified atom stereocenters. The summed E-state index contributed by atoms with van der Waals surface area (Å²) in [6, 6.07) is 14.8. The van der Waals surface area contributed by atoms with E-state index in [-0.39, 0.29) is 16.7 Å². The number of ether oxygens (including phenoxy) is 1. The summed E-state index contributed by atoms with van der Waals surface area (Å²) in [5.41, 5.74) is 1.49. The number of carbonyl (C=O) groups is 2. The first-order chi connectivity index (χ1) is 16.4. The van der Waals surface area contributed by atoms with E-state index in [2.05, 4.69) is 10.0 Å². The van der Waals surface area contributed by atoms with E-state index < -0.39 is 10.0 Å². The van der Waals surface area contributed by atoms with Crippen molar-refractivity contribution in [3.05, 3.63) is 70.4 Å². The summed E-state index contributed by atoms with van der Waals surface area (Å²) in [5.74, 6) is 0.149. The number of hydrogen-bond acceptors (Lipinski definition) is 6. The lowest BCUT2D eigenvalue weighted by Gasteiger charge is -2.19. The van der Waals surface area contributed by atoms with Gasteiger partial charge in [-0.25, -0.2) is 13.1 Å². The molecule has 178 valence electrons. The summed E-state index contributed by atoms with van der Waals surface area (Å²) in [6.45, 7) is 0.936. The Labute approximate surface area is 202 Å². The molecule has 3 aromatic rings. The minimum Gasteiger partial charge on any atom is -0.494 e. The third-order valence-electron chi connectivity index (χ3n) is 5.47. The maximum Gasteiger partial charge on any atom is 0.255 e. The smallest absolute Gasteiger partial charge is 0.255 e. The number of rotatable bonds is 9. The van der Waals surface area contributed by atoms with Crippen molar-refractivity contribution in [3.8, 4) is 5.75 Å². The van der Waals surface area contributed by atoms with Gasteiger partial charge < -0.3 is 15.0 Å². The molecule has 2 heterocycles. The topological polar surface area (TPSA) is 105 Å². The molecule has 0 spiro atoms. The van der Waals surface area contributed by atoms with Gasteiger partial charge >= 0.3 is 0 Å². The third kappa shape index (κ3) is 5.46. The van der Waals surface area contributed by atoms with Crippen molar-refractivity contribution in [2.45, 2.75) is 24.2 Å². The normalized spacial score (nSPS) is 13.8. The molecule has 0 atom stereocenters. The van der Waals surface area contributed by atoms with Gasteiger partial charge in [-0.05, 0) is 60.7 Å². The van der Waals surface area contributed by atoms with Crippen molar-refractivity contribution in [2.75, 3.05) is 30.4 Å². The van der Waals surface area contributed by atoms with Crippen molar-refractivity contribution in [1.82, 2.24) is 4.72 Å². The lowest BCUT2D eigenvalue weighted by atomic mass is 10.2. The summed E-state index contributed by atoms with van der Waals surface area (Å²) in [6.07, 6.45) is 1.93. The zero-order valence-electron chi connectivity index (χ0n) is 18.6. The molecule has 0 saturated carbocycles. The van der Waals surface area contributed by atoms with Gasteiger partial charge in [0.2, 0.25) is 15.9 Å². The number of anilines is 2. The second kappa shape index (κ2) is 10.4. The number of benzene rings is 2. The van der Waals surface area contributed by atoms with Crippen LogP contribution in [0.4, 0.5) is 11.4 Å². The van der Waals surface area contributed by atoms with E-state index in [1.807, 2.05) is 17.5 Å². The molecule has 1 aromatic heterocycles. The Morgan fingerprint density at radius 1 is 1.15 bits per heavy atom. The number of thiophene rings is 1. The minimum absolute atomic E-state index is 0.0474. The molecule has 1 aliphatic rings. The number of amides is 2. The third-order valence-corrected chi connectivity index (χ3v) is 7.89. The maximum absolute atomic E-state index is 12.7. The molecule has 8 nitrogen and oxygen atoms in total. The van der Waals surface area contributed by atoms with Crippen LogP contribution in [0.2, 0.25) is 0 Å². The van der Waals surface area contributed by atoms with Crippen LogP contribution in [0.3, 0.4) is 0 Å². The largest absolute Gasteiger partial charge is 0.494 e. The molecule has 1 saturated heterocycles. The fraction of sp³-hybridized carbons (Fsp3) is 0.250. The number of nitrogens with one attached hydrogen (secondary N) is 2. The lowest BCUT2D eigenvalue weighted by Crippen LogP contribution is -2.26. The highest BCUT2D eigenvalue weighted by molar-refractivity contribution is 7.89. The molecular weight excluding hydrogens is 474 g/mol. The Balaban J connectivity index is 1.40. The molecule has 0 aliphatic carbocycles. The van der Waals surface area contributed by atoms with Gasteiger partial charge in [-0.15, -0.1) is 11.3 Å². The van der Waals surface area contributed by atoms with E-state index in [1.165, 1.54) is 31.4 Å². The number of methoxy groups -OCH3 is 1. The van der Waals surface area contributed by atoms with Crippen LogP contribution in [0.1, 0.15) is 28.1 Å².